The molecule has 1 heterocycles. The molecule has 0 radical (unpaired) electrons. The van der Waals surface area contributed by atoms with Gasteiger partial charge in [-0.3, -0.25) is 9.69 Å². The van der Waals surface area contributed by atoms with E-state index < -0.39 is 5.97 Å². The van der Waals surface area contributed by atoms with E-state index in [2.05, 4.69) is 79.7 Å². The summed E-state index contributed by atoms with van der Waals surface area (Å²) in [5.41, 5.74) is 5.52. The summed E-state index contributed by atoms with van der Waals surface area (Å²) in [5.74, 6) is 1.07. The van der Waals surface area contributed by atoms with Gasteiger partial charge in [0.25, 0.3) is 0 Å². The summed E-state index contributed by atoms with van der Waals surface area (Å²) in [6.45, 7) is 6.44. The molecule has 0 unspecified atom stereocenters. The molecule has 0 fully saturated rings. The molecule has 1 aromatic heterocycles. The van der Waals surface area contributed by atoms with Gasteiger partial charge in [-0.1, -0.05) is 68.4 Å². The Bertz CT molecular complexity index is 1310. The summed E-state index contributed by atoms with van der Waals surface area (Å²) in [4.78, 5) is 21.7. The van der Waals surface area contributed by atoms with Crippen molar-refractivity contribution in [3.63, 3.8) is 0 Å². The van der Waals surface area contributed by atoms with E-state index in [0.29, 0.717) is 13.1 Å². The summed E-state index contributed by atoms with van der Waals surface area (Å²) in [6, 6.07) is 27.4. The van der Waals surface area contributed by atoms with Crippen molar-refractivity contribution in [1.29, 1.82) is 0 Å². The lowest BCUT2D eigenvalue weighted by molar-refractivity contribution is -0.138. The lowest BCUT2D eigenvalue weighted by Crippen LogP contribution is -2.28. The predicted molar refractivity (Wildman–Crippen MR) is 164 cm³/mol. The first-order chi connectivity index (χ1) is 18.9. The maximum Gasteiger partial charge on any atom is 0.317 e. The second-order valence-electron chi connectivity index (χ2n) is 10.2. The van der Waals surface area contributed by atoms with Gasteiger partial charge in [0.1, 0.15) is 5.01 Å². The van der Waals surface area contributed by atoms with E-state index in [1.807, 2.05) is 47.0 Å². The Morgan fingerprint density at radius 3 is 2.28 bits per heavy atom. The fourth-order valence-corrected chi connectivity index (χ4v) is 6.26. The SMILES string of the molecule is CC(C)CCSc1ccc(CN(C)c2ccc(-c3csc(CN(CC(=O)O)Cc4ccccc4)n3)cc2)cc1. The van der Waals surface area contributed by atoms with Crippen molar-refractivity contribution < 1.29 is 9.90 Å². The van der Waals surface area contributed by atoms with Crippen molar-refractivity contribution in [3.8, 4) is 11.3 Å². The molecule has 0 bridgehead atoms. The van der Waals surface area contributed by atoms with Gasteiger partial charge >= 0.3 is 5.97 Å². The summed E-state index contributed by atoms with van der Waals surface area (Å²) >= 11 is 3.50. The first-order valence-electron chi connectivity index (χ1n) is 13.3. The van der Waals surface area contributed by atoms with Gasteiger partial charge in [-0.2, -0.15) is 0 Å². The van der Waals surface area contributed by atoms with Crippen molar-refractivity contribution in [2.45, 2.75) is 44.8 Å². The topological polar surface area (TPSA) is 56.7 Å². The summed E-state index contributed by atoms with van der Waals surface area (Å²) in [5, 5.41) is 12.3. The minimum absolute atomic E-state index is 0.0233. The van der Waals surface area contributed by atoms with Gasteiger partial charge in [-0.15, -0.1) is 23.1 Å². The fourth-order valence-electron chi connectivity index (χ4n) is 4.26. The molecular weight excluding hydrogens is 523 g/mol. The minimum Gasteiger partial charge on any atom is -0.480 e. The van der Waals surface area contributed by atoms with Crippen molar-refractivity contribution >= 4 is 34.8 Å². The molecule has 0 saturated heterocycles. The van der Waals surface area contributed by atoms with Gasteiger partial charge in [0.05, 0.1) is 18.8 Å². The molecule has 4 aromatic rings. The van der Waals surface area contributed by atoms with Crippen LogP contribution in [0.4, 0.5) is 5.69 Å². The predicted octanol–water partition coefficient (Wildman–Crippen LogP) is 7.67. The third kappa shape index (κ3) is 9.24. The van der Waals surface area contributed by atoms with Gasteiger partial charge in [0.2, 0.25) is 0 Å². The van der Waals surface area contributed by atoms with Gasteiger partial charge in [0, 0.05) is 41.7 Å². The number of rotatable bonds is 14. The van der Waals surface area contributed by atoms with E-state index >= 15 is 0 Å². The number of hydrogen-bond acceptors (Lipinski definition) is 6. The van der Waals surface area contributed by atoms with Crippen LogP contribution < -0.4 is 4.90 Å². The summed E-state index contributed by atoms with van der Waals surface area (Å²) in [6.07, 6.45) is 1.24. The molecule has 0 amide bonds. The average molecular weight is 560 g/mol. The lowest BCUT2D eigenvalue weighted by atomic mass is 10.1. The quantitative estimate of drug-likeness (QED) is 0.160. The number of benzene rings is 3. The van der Waals surface area contributed by atoms with Crippen molar-refractivity contribution in [3.05, 3.63) is 100 Å². The zero-order valence-corrected chi connectivity index (χ0v) is 24.5. The van der Waals surface area contributed by atoms with Gasteiger partial charge in [0.15, 0.2) is 0 Å². The van der Waals surface area contributed by atoms with E-state index in [-0.39, 0.29) is 6.54 Å². The number of aromatic nitrogens is 1. The van der Waals surface area contributed by atoms with E-state index in [0.717, 1.165) is 45.7 Å². The molecule has 0 saturated carbocycles. The number of nitrogens with zero attached hydrogens (tertiary/aromatic N) is 3. The Hall–Kier alpha value is -3.13. The largest absolute Gasteiger partial charge is 0.480 e. The monoisotopic (exact) mass is 559 g/mol. The molecule has 4 rings (SSSR count). The molecule has 0 atom stereocenters. The van der Waals surface area contributed by atoms with Crippen molar-refractivity contribution in [2.75, 3.05) is 24.2 Å². The number of thiazole rings is 1. The Morgan fingerprint density at radius 1 is 0.923 bits per heavy atom. The number of anilines is 1. The second kappa shape index (κ2) is 14.3. The second-order valence-corrected chi connectivity index (χ2v) is 12.3. The number of carboxylic acid groups (broad SMARTS) is 1. The standard InChI is InChI=1S/C32H37N3O2S2/c1-24(2)17-18-38-29-15-9-26(10-16-29)19-34(3)28-13-11-27(12-14-28)30-23-39-31(33-30)21-35(22-32(36)37)20-25-7-5-4-6-8-25/h4-16,23-24H,17-22H2,1-3H3,(H,36,37). The first-order valence-corrected chi connectivity index (χ1v) is 15.2. The molecule has 0 aliphatic carbocycles. The van der Waals surface area contributed by atoms with Crippen LogP contribution in [0.25, 0.3) is 11.3 Å². The summed E-state index contributed by atoms with van der Waals surface area (Å²) in [7, 11) is 2.12. The number of carbonyl (C=O) groups is 1. The molecule has 0 aliphatic heterocycles. The number of carboxylic acids is 1. The van der Waals surface area contributed by atoms with Crippen LogP contribution in [-0.2, 0) is 24.4 Å². The highest BCUT2D eigenvalue weighted by molar-refractivity contribution is 7.99. The highest BCUT2D eigenvalue weighted by Gasteiger charge is 2.14. The van der Waals surface area contributed by atoms with Crippen LogP contribution in [0.15, 0.2) is 89.1 Å². The highest BCUT2D eigenvalue weighted by atomic mass is 32.2. The number of hydrogen-bond donors (Lipinski definition) is 1. The third-order valence-electron chi connectivity index (χ3n) is 6.43. The zero-order valence-electron chi connectivity index (χ0n) is 22.9. The fraction of sp³-hybridized carbons (Fsp3) is 0.312. The normalized spacial score (nSPS) is 11.3. The van der Waals surface area contributed by atoms with Crippen LogP contribution in [0.2, 0.25) is 0 Å². The molecule has 0 spiro atoms. The number of aliphatic carboxylic acids is 1. The van der Waals surface area contributed by atoms with Crippen LogP contribution in [-0.4, -0.2) is 40.3 Å². The Labute approximate surface area is 240 Å². The molecule has 7 heteroatoms. The van der Waals surface area contributed by atoms with E-state index in [9.17, 15) is 9.90 Å². The smallest absolute Gasteiger partial charge is 0.317 e. The maximum absolute atomic E-state index is 11.4. The Balaban J connectivity index is 1.34. The third-order valence-corrected chi connectivity index (χ3v) is 8.31. The molecule has 5 nitrogen and oxygen atoms in total. The average Bonchev–Trinajstić information content (AvgIpc) is 3.38. The van der Waals surface area contributed by atoms with Crippen LogP contribution in [0.3, 0.4) is 0 Å². The van der Waals surface area contributed by atoms with Crippen LogP contribution in [0, 0.1) is 5.92 Å². The molecule has 204 valence electrons. The van der Waals surface area contributed by atoms with Crippen LogP contribution >= 0.6 is 23.1 Å². The van der Waals surface area contributed by atoms with Gasteiger partial charge in [-0.05, 0) is 53.5 Å². The zero-order chi connectivity index (χ0) is 27.6. The lowest BCUT2D eigenvalue weighted by Gasteiger charge is -2.20. The number of thioether (sulfide) groups is 1. The molecule has 1 N–H and O–H groups in total. The minimum atomic E-state index is -0.834. The van der Waals surface area contributed by atoms with Gasteiger partial charge in [-0.25, -0.2) is 4.98 Å². The molecule has 39 heavy (non-hydrogen) atoms. The van der Waals surface area contributed by atoms with E-state index in [1.165, 1.54) is 16.9 Å². The van der Waals surface area contributed by atoms with Crippen LogP contribution in [0.5, 0.6) is 0 Å². The molecular formula is C32H37N3O2S2. The molecule has 3 aromatic carbocycles. The van der Waals surface area contributed by atoms with Crippen LogP contribution in [0.1, 0.15) is 36.4 Å². The van der Waals surface area contributed by atoms with Crippen molar-refractivity contribution in [2.24, 2.45) is 5.92 Å². The maximum atomic E-state index is 11.4. The van der Waals surface area contributed by atoms with E-state index in [4.69, 9.17) is 4.98 Å². The van der Waals surface area contributed by atoms with E-state index in [1.54, 1.807) is 11.3 Å². The molecule has 0 aliphatic rings. The summed E-state index contributed by atoms with van der Waals surface area (Å²) < 4.78 is 0. The van der Waals surface area contributed by atoms with Crippen molar-refractivity contribution in [1.82, 2.24) is 9.88 Å². The Morgan fingerprint density at radius 2 is 1.62 bits per heavy atom. The first kappa shape index (κ1) is 28.9. The van der Waals surface area contributed by atoms with Gasteiger partial charge < -0.3 is 10.0 Å². The Kier molecular flexibility index (Phi) is 10.6. The highest BCUT2D eigenvalue weighted by Crippen LogP contribution is 2.27.